The number of nitrogens with zero attached hydrogens (tertiary/aromatic N) is 3. The van der Waals surface area contributed by atoms with Crippen LogP contribution in [0.4, 0.5) is 15.6 Å². The Labute approximate surface area is 217 Å². The molecule has 1 saturated heterocycles. The zero-order valence-corrected chi connectivity index (χ0v) is 21.9. The van der Waals surface area contributed by atoms with Gasteiger partial charge in [0.05, 0.1) is 6.20 Å². The normalized spacial score (nSPS) is 19.0. The minimum Gasteiger partial charge on any atom is -0.456 e. The quantitative estimate of drug-likeness (QED) is 0.515. The van der Waals surface area contributed by atoms with E-state index >= 15 is 0 Å². The van der Waals surface area contributed by atoms with Gasteiger partial charge in [-0.1, -0.05) is 35.1 Å². The number of aromatic nitrogens is 1. The fourth-order valence-electron chi connectivity index (χ4n) is 4.82. The molecule has 1 atom stereocenters. The van der Waals surface area contributed by atoms with Gasteiger partial charge in [-0.3, -0.25) is 15.0 Å². The number of para-hydroxylation sites is 1. The smallest absolute Gasteiger partial charge is 0.328 e. The van der Waals surface area contributed by atoms with Crippen LogP contribution in [0.5, 0.6) is 11.5 Å². The molecule has 3 heterocycles. The van der Waals surface area contributed by atoms with E-state index in [1.807, 2.05) is 6.07 Å². The molecule has 9 nitrogen and oxygen atoms in total. The predicted molar refractivity (Wildman–Crippen MR) is 138 cm³/mol. The second-order valence-electron chi connectivity index (χ2n) is 8.96. The molecule has 1 spiro atoms. The number of amides is 3. The number of hydrogen-bond acceptors (Lipinski definition) is 7. The molecular weight excluding hydrogens is 524 g/mol. The fraction of sp³-hybridized carbons (Fsp3) is 0.292. The van der Waals surface area contributed by atoms with E-state index < -0.39 is 15.3 Å². The van der Waals surface area contributed by atoms with E-state index in [4.69, 9.17) is 16.3 Å². The second-order valence-corrected chi connectivity index (χ2v) is 12.6. The molecule has 2 aliphatic rings. The van der Waals surface area contributed by atoms with Gasteiger partial charge in [0.25, 0.3) is 0 Å². The Kier molecular flexibility index (Phi) is 6.17. The number of nitrogens with one attached hydrogen (secondary N) is 1. The zero-order valence-electron chi connectivity index (χ0n) is 19.5. The third-order valence-electron chi connectivity index (χ3n) is 6.50. The summed E-state index contributed by atoms with van der Waals surface area (Å²) in [5.41, 5.74) is 1.09. The van der Waals surface area contributed by atoms with Crippen molar-refractivity contribution in [3.8, 4) is 11.5 Å². The number of hydrogen-bond donors (Lipinski definition) is 1. The van der Waals surface area contributed by atoms with E-state index in [-0.39, 0.29) is 22.6 Å². The summed E-state index contributed by atoms with van der Waals surface area (Å²) in [6, 6.07) is 11.4. The van der Waals surface area contributed by atoms with Crippen LogP contribution in [0.2, 0.25) is 4.34 Å². The van der Waals surface area contributed by atoms with Gasteiger partial charge in [-0.05, 0) is 42.3 Å². The lowest BCUT2D eigenvalue weighted by Crippen LogP contribution is -2.41. The van der Waals surface area contributed by atoms with Crippen LogP contribution in [-0.2, 0) is 20.0 Å². The average Bonchev–Trinajstić information content (AvgIpc) is 3.52. The molecule has 36 heavy (non-hydrogen) atoms. The Bertz CT molecular complexity index is 1470. The van der Waals surface area contributed by atoms with E-state index in [0.29, 0.717) is 47.0 Å². The predicted octanol–water partition coefficient (Wildman–Crippen LogP) is 4.53. The minimum absolute atomic E-state index is 0.0248. The van der Waals surface area contributed by atoms with E-state index in [1.54, 1.807) is 40.1 Å². The third kappa shape index (κ3) is 4.54. The summed E-state index contributed by atoms with van der Waals surface area (Å²) in [6.07, 6.45) is 3.28. The zero-order chi connectivity index (χ0) is 25.7. The maximum Gasteiger partial charge on any atom is 0.328 e. The summed E-state index contributed by atoms with van der Waals surface area (Å²) in [5, 5.41) is 3.19. The van der Waals surface area contributed by atoms with Crippen LogP contribution in [0.1, 0.15) is 18.9 Å². The first-order chi connectivity index (χ1) is 17.1. The number of sulfone groups is 1. The maximum absolute atomic E-state index is 13.2. The first-order valence-electron chi connectivity index (χ1n) is 11.1. The van der Waals surface area contributed by atoms with Crippen molar-refractivity contribution in [1.29, 1.82) is 0 Å². The number of halogens is 1. The number of likely N-dealkylation sites (tertiary alicyclic amines) is 1. The molecule has 188 valence electrons. The molecule has 1 N–H and O–H groups in total. The Morgan fingerprint density at radius 3 is 2.64 bits per heavy atom. The van der Waals surface area contributed by atoms with Crippen LogP contribution in [0.3, 0.4) is 0 Å². The summed E-state index contributed by atoms with van der Waals surface area (Å²) in [7, 11) is -3.50. The van der Waals surface area contributed by atoms with E-state index in [1.165, 1.54) is 19.2 Å². The molecule has 1 aromatic heterocycles. The molecule has 3 aromatic rings. The minimum atomic E-state index is -3.50. The van der Waals surface area contributed by atoms with Crippen LogP contribution in [0.25, 0.3) is 0 Å². The third-order valence-corrected chi connectivity index (χ3v) is 8.67. The Morgan fingerprint density at radius 1 is 1.19 bits per heavy atom. The van der Waals surface area contributed by atoms with Crippen molar-refractivity contribution in [1.82, 2.24) is 9.88 Å². The van der Waals surface area contributed by atoms with Crippen molar-refractivity contribution in [3.63, 3.8) is 0 Å². The number of urea groups is 1. The topological polar surface area (TPSA) is 109 Å². The lowest BCUT2D eigenvalue weighted by molar-refractivity contribution is -0.127. The molecule has 2 aromatic carbocycles. The second kappa shape index (κ2) is 9.06. The van der Waals surface area contributed by atoms with E-state index in [2.05, 4.69) is 10.3 Å². The monoisotopic (exact) mass is 546 g/mol. The first kappa shape index (κ1) is 24.5. The van der Waals surface area contributed by atoms with Crippen LogP contribution < -0.4 is 15.0 Å². The van der Waals surface area contributed by atoms with E-state index in [9.17, 15) is 18.0 Å². The molecule has 1 unspecified atom stereocenters. The van der Waals surface area contributed by atoms with Crippen LogP contribution in [0, 0.1) is 0 Å². The molecule has 2 aliphatic heterocycles. The van der Waals surface area contributed by atoms with Crippen LogP contribution >= 0.6 is 22.9 Å². The van der Waals surface area contributed by atoms with Gasteiger partial charge in [-0.2, -0.15) is 0 Å². The summed E-state index contributed by atoms with van der Waals surface area (Å²) >= 11 is 7.12. The summed E-state index contributed by atoms with van der Waals surface area (Å²) in [5.74, 6) is 0.640. The Balaban J connectivity index is 1.51. The lowest BCUT2D eigenvalue weighted by atomic mass is 9.81. The molecule has 3 amide bonds. The largest absolute Gasteiger partial charge is 0.456 e. The van der Waals surface area contributed by atoms with Gasteiger partial charge in [0.2, 0.25) is 5.91 Å². The maximum atomic E-state index is 13.2. The highest BCUT2D eigenvalue weighted by atomic mass is 35.5. The molecule has 0 aliphatic carbocycles. The fourth-order valence-corrected chi connectivity index (χ4v) is 6.42. The van der Waals surface area contributed by atoms with Gasteiger partial charge in [0, 0.05) is 43.9 Å². The standard InChI is InChI=1S/C24H23ClN4O5S2/c1-15(30)28-10-9-24(13-28)14-29(23(31)27-22-26-12-21(25)35-22)18-8-7-16(11-17(18)24)34-19-5-3-4-6-20(19)36(2,32)33/h3-8,11-12H,9-10,13-14H2,1-2H3,(H,26,27,31). The van der Waals surface area contributed by atoms with Gasteiger partial charge < -0.3 is 9.64 Å². The SMILES string of the molecule is CC(=O)N1CCC2(C1)CN(C(=O)Nc1ncc(Cl)s1)c1ccc(Oc3ccccc3S(C)(=O)=O)cc12. The van der Waals surface area contributed by atoms with Gasteiger partial charge in [-0.15, -0.1) is 0 Å². The van der Waals surface area contributed by atoms with Gasteiger partial charge in [0.1, 0.15) is 20.7 Å². The van der Waals surface area contributed by atoms with Gasteiger partial charge in [0.15, 0.2) is 15.0 Å². The lowest BCUT2D eigenvalue weighted by Gasteiger charge is -2.25. The van der Waals surface area contributed by atoms with Crippen molar-refractivity contribution in [3.05, 3.63) is 58.6 Å². The van der Waals surface area contributed by atoms with Crippen molar-refractivity contribution in [2.24, 2.45) is 0 Å². The van der Waals surface area contributed by atoms with Crippen molar-refractivity contribution in [2.45, 2.75) is 23.7 Å². The van der Waals surface area contributed by atoms with Crippen LogP contribution in [-0.4, -0.2) is 56.1 Å². The molecular formula is C24H23ClN4O5S2. The van der Waals surface area contributed by atoms with Gasteiger partial charge >= 0.3 is 6.03 Å². The van der Waals surface area contributed by atoms with E-state index in [0.717, 1.165) is 23.2 Å². The first-order valence-corrected chi connectivity index (χ1v) is 14.2. The molecule has 12 heteroatoms. The van der Waals surface area contributed by atoms with Crippen molar-refractivity contribution < 1.29 is 22.7 Å². The molecule has 0 radical (unpaired) electrons. The number of carbonyl (C=O) groups is 2. The van der Waals surface area contributed by atoms with Crippen molar-refractivity contribution >= 4 is 55.5 Å². The highest BCUT2D eigenvalue weighted by Gasteiger charge is 2.49. The van der Waals surface area contributed by atoms with Crippen LogP contribution in [0.15, 0.2) is 53.6 Å². The number of fused-ring (bicyclic) bond motifs is 2. The molecule has 5 rings (SSSR count). The number of carbonyl (C=O) groups excluding carboxylic acids is 2. The number of ether oxygens (including phenoxy) is 1. The Morgan fingerprint density at radius 2 is 1.97 bits per heavy atom. The van der Waals surface area contributed by atoms with Crippen molar-refractivity contribution in [2.75, 3.05) is 36.1 Å². The number of rotatable bonds is 4. The molecule has 0 bridgehead atoms. The number of thiazole rings is 1. The average molecular weight is 547 g/mol. The summed E-state index contributed by atoms with van der Waals surface area (Å²) in [6.45, 7) is 2.95. The highest BCUT2D eigenvalue weighted by molar-refractivity contribution is 7.90. The molecule has 1 fully saturated rings. The number of anilines is 2. The Hall–Kier alpha value is -3.15. The molecule has 0 saturated carbocycles. The number of benzene rings is 2. The summed E-state index contributed by atoms with van der Waals surface area (Å²) in [4.78, 5) is 33.0. The van der Waals surface area contributed by atoms with Gasteiger partial charge in [-0.25, -0.2) is 18.2 Å². The summed E-state index contributed by atoms with van der Waals surface area (Å²) < 4.78 is 30.9. The highest BCUT2D eigenvalue weighted by Crippen LogP contribution is 2.48.